The third-order valence-electron chi connectivity index (χ3n) is 5.83. The van der Waals surface area contributed by atoms with E-state index in [1.807, 2.05) is 0 Å². The molecule has 0 aliphatic rings. The topological polar surface area (TPSA) is 0 Å². The van der Waals surface area contributed by atoms with Gasteiger partial charge in [-0.2, -0.15) is 0 Å². The van der Waals surface area contributed by atoms with Gasteiger partial charge < -0.3 is 0 Å². The summed E-state index contributed by atoms with van der Waals surface area (Å²) in [5, 5.41) is 8.24. The quantitative estimate of drug-likeness (QED) is 0.229. The highest BCUT2D eigenvalue weighted by atomic mass is 14.1. The van der Waals surface area contributed by atoms with Crippen LogP contribution in [0.25, 0.3) is 32.3 Å². The molecule has 5 rings (SSSR count). The second-order valence-electron chi connectivity index (χ2n) is 7.59. The van der Waals surface area contributed by atoms with Crippen LogP contribution in [0.3, 0.4) is 0 Å². The van der Waals surface area contributed by atoms with Crippen molar-refractivity contribution in [2.24, 2.45) is 0 Å². The summed E-state index contributed by atoms with van der Waals surface area (Å²) in [7, 11) is 0. The van der Waals surface area contributed by atoms with Gasteiger partial charge in [0, 0.05) is 0 Å². The third kappa shape index (κ3) is 4.09. The average Bonchev–Trinajstić information content (AvgIpc) is 2.75. The SMILES string of the molecule is C.C.Cc1c2ccccc2c(C)c2ccccc12.Cc1ccc(C)c2ccccc12. The lowest BCUT2D eigenvalue weighted by atomic mass is 9.93. The maximum absolute atomic E-state index is 2.21. The lowest BCUT2D eigenvalue weighted by Gasteiger charge is -2.11. The molecular formula is C30H34. The Morgan fingerprint density at radius 1 is 0.333 bits per heavy atom. The summed E-state index contributed by atoms with van der Waals surface area (Å²) in [6, 6.07) is 30.2. The molecule has 0 aliphatic heterocycles. The molecule has 154 valence electrons. The lowest BCUT2D eigenvalue weighted by molar-refractivity contribution is 1.46. The highest BCUT2D eigenvalue weighted by Gasteiger charge is 2.06. The van der Waals surface area contributed by atoms with Crippen molar-refractivity contribution in [1.82, 2.24) is 0 Å². The van der Waals surface area contributed by atoms with Crippen LogP contribution in [0.1, 0.15) is 37.1 Å². The zero-order valence-electron chi connectivity index (χ0n) is 17.1. The molecule has 30 heavy (non-hydrogen) atoms. The molecule has 0 radical (unpaired) electrons. The van der Waals surface area contributed by atoms with E-state index in [1.54, 1.807) is 0 Å². The van der Waals surface area contributed by atoms with Crippen LogP contribution < -0.4 is 0 Å². The van der Waals surface area contributed by atoms with Gasteiger partial charge in [-0.25, -0.2) is 0 Å². The monoisotopic (exact) mass is 394 g/mol. The number of hydrogen-bond acceptors (Lipinski definition) is 0. The first-order chi connectivity index (χ1) is 13.6. The van der Waals surface area contributed by atoms with Crippen LogP contribution in [-0.2, 0) is 0 Å². The van der Waals surface area contributed by atoms with E-state index in [4.69, 9.17) is 0 Å². The Hall–Kier alpha value is -3.12. The van der Waals surface area contributed by atoms with E-state index in [-0.39, 0.29) is 14.9 Å². The molecule has 0 amide bonds. The molecule has 0 aromatic heterocycles. The Morgan fingerprint density at radius 2 is 0.567 bits per heavy atom. The van der Waals surface area contributed by atoms with Gasteiger partial charge in [0.05, 0.1) is 0 Å². The van der Waals surface area contributed by atoms with Crippen molar-refractivity contribution in [3.05, 3.63) is 107 Å². The molecule has 0 nitrogen and oxygen atoms in total. The van der Waals surface area contributed by atoms with E-state index in [0.717, 1.165) is 0 Å². The first kappa shape index (κ1) is 23.2. The molecule has 0 bridgehead atoms. The van der Waals surface area contributed by atoms with Crippen molar-refractivity contribution >= 4 is 32.3 Å². The van der Waals surface area contributed by atoms with Gasteiger partial charge in [0.1, 0.15) is 0 Å². The van der Waals surface area contributed by atoms with Gasteiger partial charge in [0.2, 0.25) is 0 Å². The zero-order valence-corrected chi connectivity index (χ0v) is 17.1. The Labute approximate surface area is 182 Å². The van der Waals surface area contributed by atoms with Gasteiger partial charge in [-0.1, -0.05) is 99.8 Å². The summed E-state index contributed by atoms with van der Waals surface area (Å²) in [5.41, 5.74) is 5.49. The molecule has 5 aromatic carbocycles. The minimum atomic E-state index is 0. The molecule has 0 heteroatoms. The molecule has 0 N–H and O–H groups in total. The van der Waals surface area contributed by atoms with Gasteiger partial charge in [-0.05, 0) is 82.3 Å². The van der Waals surface area contributed by atoms with Gasteiger partial charge in [-0.3, -0.25) is 0 Å². The summed E-state index contributed by atoms with van der Waals surface area (Å²) in [5.74, 6) is 0. The first-order valence-electron chi connectivity index (χ1n) is 9.89. The number of rotatable bonds is 0. The third-order valence-corrected chi connectivity index (χ3v) is 5.83. The summed E-state index contributed by atoms with van der Waals surface area (Å²) < 4.78 is 0. The number of benzene rings is 5. The predicted octanol–water partition coefficient (Wildman–Crippen LogP) is 9.34. The van der Waals surface area contributed by atoms with Crippen molar-refractivity contribution in [2.45, 2.75) is 42.5 Å². The van der Waals surface area contributed by atoms with Crippen molar-refractivity contribution in [2.75, 3.05) is 0 Å². The Kier molecular flexibility index (Phi) is 7.40. The Balaban J connectivity index is 0.000000207. The zero-order chi connectivity index (χ0) is 19.7. The highest BCUT2D eigenvalue weighted by molar-refractivity contribution is 6.05. The molecule has 0 heterocycles. The fourth-order valence-electron chi connectivity index (χ4n) is 4.16. The molecule has 5 aromatic rings. The van der Waals surface area contributed by atoms with E-state index in [9.17, 15) is 0 Å². The number of fused-ring (bicyclic) bond motifs is 3. The fraction of sp³-hybridized carbons (Fsp3) is 0.200. The molecule has 0 atom stereocenters. The van der Waals surface area contributed by atoms with E-state index in [2.05, 4.69) is 113 Å². The van der Waals surface area contributed by atoms with Gasteiger partial charge in [0.25, 0.3) is 0 Å². The molecule has 0 saturated carbocycles. The smallest absolute Gasteiger partial charge is 0.0146 e. The molecule has 0 saturated heterocycles. The van der Waals surface area contributed by atoms with E-state index in [1.165, 1.54) is 54.6 Å². The second-order valence-corrected chi connectivity index (χ2v) is 7.59. The second kappa shape index (κ2) is 9.59. The minimum absolute atomic E-state index is 0. The molecular weight excluding hydrogens is 360 g/mol. The summed E-state index contributed by atoms with van der Waals surface area (Å²) in [6.45, 7) is 8.73. The minimum Gasteiger partial charge on any atom is -0.0776 e. The summed E-state index contributed by atoms with van der Waals surface area (Å²) in [4.78, 5) is 0. The Morgan fingerprint density at radius 3 is 0.833 bits per heavy atom. The van der Waals surface area contributed by atoms with Gasteiger partial charge >= 0.3 is 0 Å². The first-order valence-corrected chi connectivity index (χ1v) is 9.89. The molecule has 0 aliphatic carbocycles. The van der Waals surface area contributed by atoms with Crippen LogP contribution in [0.2, 0.25) is 0 Å². The van der Waals surface area contributed by atoms with Crippen molar-refractivity contribution in [3.8, 4) is 0 Å². The van der Waals surface area contributed by atoms with E-state index < -0.39 is 0 Å². The van der Waals surface area contributed by atoms with Crippen molar-refractivity contribution in [3.63, 3.8) is 0 Å². The fourth-order valence-corrected chi connectivity index (χ4v) is 4.16. The van der Waals surface area contributed by atoms with E-state index in [0.29, 0.717) is 0 Å². The molecule has 0 unspecified atom stereocenters. The van der Waals surface area contributed by atoms with Gasteiger partial charge in [-0.15, -0.1) is 0 Å². The van der Waals surface area contributed by atoms with Crippen molar-refractivity contribution in [1.29, 1.82) is 0 Å². The van der Waals surface area contributed by atoms with Gasteiger partial charge in [0.15, 0.2) is 0 Å². The largest absolute Gasteiger partial charge is 0.0776 e. The lowest BCUT2D eigenvalue weighted by Crippen LogP contribution is -1.87. The predicted molar refractivity (Wildman–Crippen MR) is 138 cm³/mol. The van der Waals surface area contributed by atoms with Crippen LogP contribution in [-0.4, -0.2) is 0 Å². The number of aryl methyl sites for hydroxylation is 4. The molecule has 0 spiro atoms. The molecule has 0 fully saturated rings. The van der Waals surface area contributed by atoms with Crippen LogP contribution in [0.15, 0.2) is 84.9 Å². The average molecular weight is 395 g/mol. The van der Waals surface area contributed by atoms with Crippen LogP contribution in [0, 0.1) is 27.7 Å². The summed E-state index contributed by atoms with van der Waals surface area (Å²) >= 11 is 0. The van der Waals surface area contributed by atoms with Crippen LogP contribution in [0.5, 0.6) is 0 Å². The van der Waals surface area contributed by atoms with Crippen LogP contribution >= 0.6 is 0 Å². The standard InChI is InChI=1S/C16H14.C12H12.2CH4/c1-11-13-7-3-5-9-15(13)12(2)16-10-6-4-8-14(11)16;1-9-7-8-10(2)12-6-4-3-5-11(9)12;;/h3-10H,1-2H3;3-8H,1-2H3;2*1H4. The maximum atomic E-state index is 2.21. The van der Waals surface area contributed by atoms with Crippen molar-refractivity contribution < 1.29 is 0 Å². The summed E-state index contributed by atoms with van der Waals surface area (Å²) in [6.07, 6.45) is 0. The Bertz CT molecular complexity index is 1130. The maximum Gasteiger partial charge on any atom is -0.0146 e. The van der Waals surface area contributed by atoms with Crippen LogP contribution in [0.4, 0.5) is 0 Å². The number of hydrogen-bond donors (Lipinski definition) is 0. The highest BCUT2D eigenvalue weighted by Crippen LogP contribution is 2.31. The van der Waals surface area contributed by atoms with E-state index >= 15 is 0 Å². The normalized spacial score (nSPS) is 10.1.